The lowest BCUT2D eigenvalue weighted by Crippen LogP contribution is -2.57. The van der Waals surface area contributed by atoms with Crippen molar-refractivity contribution in [1.82, 2.24) is 9.80 Å². The highest BCUT2D eigenvalue weighted by molar-refractivity contribution is 5.95. The molecule has 1 atom stereocenters. The zero-order chi connectivity index (χ0) is 13.1. The van der Waals surface area contributed by atoms with Gasteiger partial charge in [0, 0.05) is 19.5 Å². The van der Waals surface area contributed by atoms with Crippen molar-refractivity contribution >= 4 is 17.8 Å². The fourth-order valence-electron chi connectivity index (χ4n) is 2.57. The minimum absolute atomic E-state index is 0.0233. The molecule has 0 aliphatic carbocycles. The summed E-state index contributed by atoms with van der Waals surface area (Å²) in [4.78, 5) is 38.2. The van der Waals surface area contributed by atoms with Gasteiger partial charge >= 0.3 is 5.97 Å². The summed E-state index contributed by atoms with van der Waals surface area (Å²) in [7, 11) is 1.34. The molecular formula is C12H18N2O4. The Morgan fingerprint density at radius 2 is 2.22 bits per heavy atom. The topological polar surface area (TPSA) is 66.9 Å². The average molecular weight is 254 g/mol. The minimum atomic E-state index is -0.284. The van der Waals surface area contributed by atoms with Gasteiger partial charge in [-0.25, -0.2) is 0 Å². The first kappa shape index (κ1) is 12.9. The second-order valence-electron chi connectivity index (χ2n) is 4.68. The molecule has 2 heterocycles. The number of methoxy groups -OCH3 is 1. The van der Waals surface area contributed by atoms with Crippen LogP contribution in [0.3, 0.4) is 0 Å². The van der Waals surface area contributed by atoms with Crippen LogP contribution in [-0.2, 0) is 19.1 Å². The lowest BCUT2D eigenvalue weighted by molar-refractivity contribution is -0.153. The van der Waals surface area contributed by atoms with Gasteiger partial charge < -0.3 is 14.5 Å². The van der Waals surface area contributed by atoms with Crippen LogP contribution < -0.4 is 0 Å². The number of hydrogen-bond acceptors (Lipinski definition) is 4. The molecule has 0 aromatic rings. The summed E-state index contributed by atoms with van der Waals surface area (Å²) in [6, 6.07) is -0.260. The van der Waals surface area contributed by atoms with E-state index in [4.69, 9.17) is 0 Å². The first-order valence-electron chi connectivity index (χ1n) is 6.28. The first-order valence-corrected chi connectivity index (χ1v) is 6.28. The quantitative estimate of drug-likeness (QED) is 0.650. The molecule has 0 aromatic carbocycles. The SMILES string of the molecule is COC(=O)CCCN1CC(=O)N2CCCC2C1=O. The Kier molecular flexibility index (Phi) is 3.84. The molecule has 0 aromatic heterocycles. The molecule has 0 radical (unpaired) electrons. The average Bonchev–Trinajstić information content (AvgIpc) is 2.84. The molecule has 100 valence electrons. The van der Waals surface area contributed by atoms with Crippen LogP contribution in [0.25, 0.3) is 0 Å². The van der Waals surface area contributed by atoms with Crippen molar-refractivity contribution in [1.29, 1.82) is 0 Å². The Balaban J connectivity index is 1.87. The second kappa shape index (κ2) is 5.37. The van der Waals surface area contributed by atoms with E-state index in [1.54, 1.807) is 9.80 Å². The van der Waals surface area contributed by atoms with Gasteiger partial charge in [0.15, 0.2) is 0 Å². The molecule has 0 N–H and O–H groups in total. The summed E-state index contributed by atoms with van der Waals surface area (Å²) in [5.41, 5.74) is 0. The normalized spacial score (nSPS) is 23.3. The van der Waals surface area contributed by atoms with Crippen molar-refractivity contribution in [3.63, 3.8) is 0 Å². The number of piperazine rings is 1. The van der Waals surface area contributed by atoms with Crippen molar-refractivity contribution in [3.8, 4) is 0 Å². The molecule has 0 saturated carbocycles. The van der Waals surface area contributed by atoms with E-state index < -0.39 is 0 Å². The van der Waals surface area contributed by atoms with Gasteiger partial charge in [-0.3, -0.25) is 14.4 Å². The van der Waals surface area contributed by atoms with E-state index in [2.05, 4.69) is 4.74 Å². The van der Waals surface area contributed by atoms with Gasteiger partial charge in [-0.1, -0.05) is 0 Å². The third kappa shape index (κ3) is 2.47. The lowest BCUT2D eigenvalue weighted by Gasteiger charge is -2.36. The van der Waals surface area contributed by atoms with Gasteiger partial charge in [-0.2, -0.15) is 0 Å². The third-order valence-electron chi connectivity index (χ3n) is 3.53. The molecule has 18 heavy (non-hydrogen) atoms. The largest absolute Gasteiger partial charge is 0.469 e. The van der Waals surface area contributed by atoms with Crippen LogP contribution in [-0.4, -0.2) is 60.4 Å². The summed E-state index contributed by atoms with van der Waals surface area (Å²) >= 11 is 0. The first-order chi connectivity index (χ1) is 8.63. The molecule has 0 spiro atoms. The molecule has 0 bridgehead atoms. The Labute approximate surface area is 106 Å². The maximum atomic E-state index is 12.1. The number of carbonyl (C=O) groups excluding carboxylic acids is 3. The fourth-order valence-corrected chi connectivity index (χ4v) is 2.57. The van der Waals surface area contributed by atoms with E-state index in [0.717, 1.165) is 12.8 Å². The third-order valence-corrected chi connectivity index (χ3v) is 3.53. The van der Waals surface area contributed by atoms with Gasteiger partial charge in [-0.05, 0) is 19.3 Å². The predicted octanol–water partition coefficient (Wildman–Crippen LogP) is -0.227. The number of rotatable bonds is 4. The minimum Gasteiger partial charge on any atom is -0.469 e. The smallest absolute Gasteiger partial charge is 0.305 e. The molecule has 1 unspecified atom stereocenters. The zero-order valence-electron chi connectivity index (χ0n) is 10.6. The van der Waals surface area contributed by atoms with Crippen LogP contribution in [0.4, 0.5) is 0 Å². The van der Waals surface area contributed by atoms with Gasteiger partial charge in [0.2, 0.25) is 11.8 Å². The molecule has 6 nitrogen and oxygen atoms in total. The Hall–Kier alpha value is -1.59. The van der Waals surface area contributed by atoms with Gasteiger partial charge in [0.05, 0.1) is 13.7 Å². The molecular weight excluding hydrogens is 236 g/mol. The molecule has 2 rings (SSSR count). The second-order valence-corrected chi connectivity index (χ2v) is 4.68. The molecule has 6 heteroatoms. The van der Waals surface area contributed by atoms with E-state index in [1.165, 1.54) is 7.11 Å². The standard InChI is InChI=1S/C12H18N2O4/c1-18-11(16)5-3-6-13-8-10(15)14-7-2-4-9(14)12(13)17/h9H,2-8H2,1H3. The number of ether oxygens (including phenoxy) is 1. The van der Waals surface area contributed by atoms with Crippen LogP contribution in [0.15, 0.2) is 0 Å². The highest BCUT2D eigenvalue weighted by atomic mass is 16.5. The molecule has 2 amide bonds. The highest BCUT2D eigenvalue weighted by Crippen LogP contribution is 2.23. The summed E-state index contributed by atoms with van der Waals surface area (Å²) in [6.45, 7) is 1.30. The number of amides is 2. The van der Waals surface area contributed by atoms with E-state index in [1.807, 2.05) is 0 Å². The van der Waals surface area contributed by atoms with Crippen molar-refractivity contribution in [2.75, 3.05) is 26.7 Å². The number of nitrogens with zero attached hydrogens (tertiary/aromatic N) is 2. The van der Waals surface area contributed by atoms with Crippen molar-refractivity contribution in [2.45, 2.75) is 31.7 Å². The van der Waals surface area contributed by atoms with Crippen molar-refractivity contribution in [3.05, 3.63) is 0 Å². The monoisotopic (exact) mass is 254 g/mol. The van der Waals surface area contributed by atoms with E-state index in [9.17, 15) is 14.4 Å². The number of esters is 1. The van der Waals surface area contributed by atoms with Gasteiger partial charge in [0.25, 0.3) is 0 Å². The summed E-state index contributed by atoms with van der Waals surface area (Å²) in [5, 5.41) is 0. The van der Waals surface area contributed by atoms with Crippen LogP contribution in [0.5, 0.6) is 0 Å². The van der Waals surface area contributed by atoms with Crippen molar-refractivity contribution < 1.29 is 19.1 Å². The number of carbonyl (C=O) groups is 3. The van der Waals surface area contributed by atoms with Crippen LogP contribution >= 0.6 is 0 Å². The van der Waals surface area contributed by atoms with Crippen molar-refractivity contribution in [2.24, 2.45) is 0 Å². The summed E-state index contributed by atoms with van der Waals surface area (Å²) < 4.78 is 4.54. The summed E-state index contributed by atoms with van der Waals surface area (Å²) in [6.07, 6.45) is 2.48. The molecule has 2 saturated heterocycles. The Bertz CT molecular complexity index is 369. The zero-order valence-corrected chi connectivity index (χ0v) is 10.6. The fraction of sp³-hybridized carbons (Fsp3) is 0.750. The van der Waals surface area contributed by atoms with Gasteiger partial charge in [0.1, 0.15) is 6.04 Å². The highest BCUT2D eigenvalue weighted by Gasteiger charge is 2.41. The molecule has 2 fully saturated rings. The maximum absolute atomic E-state index is 12.1. The maximum Gasteiger partial charge on any atom is 0.305 e. The summed E-state index contributed by atoms with van der Waals surface area (Å²) in [5.74, 6) is -0.236. The van der Waals surface area contributed by atoms with Crippen LogP contribution in [0.2, 0.25) is 0 Å². The lowest BCUT2D eigenvalue weighted by atomic mass is 10.1. The van der Waals surface area contributed by atoms with Crippen LogP contribution in [0.1, 0.15) is 25.7 Å². The van der Waals surface area contributed by atoms with E-state index in [-0.39, 0.29) is 36.8 Å². The van der Waals surface area contributed by atoms with Crippen LogP contribution in [0, 0.1) is 0 Å². The Morgan fingerprint density at radius 3 is 2.94 bits per heavy atom. The molecule has 2 aliphatic heterocycles. The Morgan fingerprint density at radius 1 is 1.44 bits per heavy atom. The number of hydrogen-bond donors (Lipinski definition) is 0. The van der Waals surface area contributed by atoms with Gasteiger partial charge in [-0.15, -0.1) is 0 Å². The predicted molar refractivity (Wildman–Crippen MR) is 62.6 cm³/mol. The van der Waals surface area contributed by atoms with E-state index >= 15 is 0 Å². The number of fused-ring (bicyclic) bond motifs is 1. The molecule has 2 aliphatic rings. The van der Waals surface area contributed by atoms with E-state index in [0.29, 0.717) is 19.5 Å².